The van der Waals surface area contributed by atoms with Gasteiger partial charge in [0.2, 0.25) is 5.91 Å². The van der Waals surface area contributed by atoms with Gasteiger partial charge in [0.25, 0.3) is 5.91 Å². The molecule has 6 heteroatoms. The van der Waals surface area contributed by atoms with Gasteiger partial charge in [-0.1, -0.05) is 24.3 Å². The molecule has 5 atom stereocenters. The van der Waals surface area contributed by atoms with Crippen molar-refractivity contribution in [2.45, 2.75) is 76.3 Å². The number of aryl methyl sites for hydroxylation is 1. The van der Waals surface area contributed by atoms with E-state index >= 15 is 0 Å². The minimum absolute atomic E-state index is 0.0151. The molecule has 0 saturated heterocycles. The van der Waals surface area contributed by atoms with Gasteiger partial charge in [0.15, 0.2) is 6.61 Å². The van der Waals surface area contributed by atoms with E-state index in [0.29, 0.717) is 18.3 Å². The lowest BCUT2D eigenvalue weighted by atomic mass is 9.47. The molecular weight excluding hydrogens is 392 g/mol. The molecule has 6 nitrogen and oxygen atoms in total. The van der Waals surface area contributed by atoms with E-state index < -0.39 is 5.41 Å². The van der Waals surface area contributed by atoms with Gasteiger partial charge in [-0.2, -0.15) is 0 Å². The Labute approximate surface area is 183 Å². The summed E-state index contributed by atoms with van der Waals surface area (Å²) in [6.07, 6.45) is 8.32. The second-order valence-corrected chi connectivity index (χ2v) is 10.5. The predicted octanol–water partition coefficient (Wildman–Crippen LogP) is 3.20. The fourth-order valence-corrected chi connectivity index (χ4v) is 7.45. The van der Waals surface area contributed by atoms with Crippen molar-refractivity contribution in [1.82, 2.24) is 10.6 Å². The zero-order valence-corrected chi connectivity index (χ0v) is 18.2. The molecule has 0 aliphatic heterocycles. The monoisotopic (exact) mass is 424 g/mol. The summed E-state index contributed by atoms with van der Waals surface area (Å²) in [6, 6.07) is 8.21. The minimum atomic E-state index is -0.551. The van der Waals surface area contributed by atoms with Crippen LogP contribution in [-0.2, 0) is 25.5 Å². The highest BCUT2D eigenvalue weighted by Crippen LogP contribution is 2.62. The van der Waals surface area contributed by atoms with Crippen LogP contribution in [0.3, 0.4) is 0 Å². The zero-order chi connectivity index (χ0) is 21.6. The van der Waals surface area contributed by atoms with Crippen LogP contribution in [0.25, 0.3) is 0 Å². The normalized spacial score (nSPS) is 35.2. The van der Waals surface area contributed by atoms with Crippen molar-refractivity contribution in [3.63, 3.8) is 0 Å². The Morgan fingerprint density at radius 1 is 1.10 bits per heavy atom. The highest BCUT2D eigenvalue weighted by Gasteiger charge is 2.61. The molecule has 0 radical (unpaired) electrons. The first-order chi connectivity index (χ1) is 14.9. The maximum Gasteiger partial charge on any atom is 0.312 e. The lowest BCUT2D eigenvalue weighted by Crippen LogP contribution is -2.64. The molecule has 4 bridgehead atoms. The van der Waals surface area contributed by atoms with Gasteiger partial charge in [-0.15, -0.1) is 0 Å². The lowest BCUT2D eigenvalue weighted by molar-refractivity contribution is -0.177. The van der Waals surface area contributed by atoms with Crippen molar-refractivity contribution in [3.8, 4) is 0 Å². The summed E-state index contributed by atoms with van der Waals surface area (Å²) in [5, 5.41) is 6.23. The third kappa shape index (κ3) is 3.85. The van der Waals surface area contributed by atoms with Crippen molar-refractivity contribution in [3.05, 3.63) is 35.4 Å². The lowest BCUT2D eigenvalue weighted by Gasteiger charge is -2.60. The summed E-state index contributed by atoms with van der Waals surface area (Å²) in [7, 11) is 0. The second-order valence-electron chi connectivity index (χ2n) is 10.5. The first-order valence-electron chi connectivity index (χ1n) is 11.7. The van der Waals surface area contributed by atoms with E-state index in [-0.39, 0.29) is 36.0 Å². The van der Waals surface area contributed by atoms with E-state index in [1.54, 1.807) is 6.92 Å². The largest absolute Gasteiger partial charge is 0.455 e. The summed E-state index contributed by atoms with van der Waals surface area (Å²) in [6.45, 7) is 1.32. The van der Waals surface area contributed by atoms with E-state index in [1.165, 1.54) is 11.1 Å². The number of ether oxygens (including phenoxy) is 1. The highest BCUT2D eigenvalue weighted by atomic mass is 16.5. The smallest absolute Gasteiger partial charge is 0.312 e. The van der Waals surface area contributed by atoms with Crippen molar-refractivity contribution in [1.29, 1.82) is 0 Å². The molecule has 166 valence electrons. The molecule has 0 aromatic heterocycles. The number of amides is 2. The van der Waals surface area contributed by atoms with E-state index in [9.17, 15) is 14.4 Å². The molecule has 5 aliphatic carbocycles. The quantitative estimate of drug-likeness (QED) is 0.711. The number of carbonyl (C=O) groups excluding carboxylic acids is 3. The van der Waals surface area contributed by atoms with Crippen LogP contribution in [0.5, 0.6) is 0 Å². The van der Waals surface area contributed by atoms with Crippen molar-refractivity contribution >= 4 is 17.8 Å². The van der Waals surface area contributed by atoms with Crippen LogP contribution in [0, 0.1) is 17.3 Å². The molecule has 2 amide bonds. The fourth-order valence-electron chi connectivity index (χ4n) is 7.45. The predicted molar refractivity (Wildman–Crippen MR) is 115 cm³/mol. The van der Waals surface area contributed by atoms with Gasteiger partial charge in [-0.3, -0.25) is 14.4 Å². The summed E-state index contributed by atoms with van der Waals surface area (Å²) in [5.41, 5.74) is 1.63. The van der Waals surface area contributed by atoms with Crippen molar-refractivity contribution < 1.29 is 19.1 Å². The molecule has 6 rings (SSSR count). The molecule has 0 spiro atoms. The molecule has 1 aromatic rings. The SMILES string of the molecule is CC(=O)NC12C[C@H]3C[C@@H](C1)CC(C(=O)OCC(=O)N[C@@H]1CCCc4ccccc41)(C3)C2. The molecule has 0 heterocycles. The van der Waals surface area contributed by atoms with Crippen molar-refractivity contribution in [2.75, 3.05) is 6.61 Å². The van der Waals surface area contributed by atoms with Crippen LogP contribution in [-0.4, -0.2) is 29.9 Å². The Kier molecular flexibility index (Phi) is 5.06. The number of nitrogens with one attached hydrogen (secondary N) is 2. The average molecular weight is 425 g/mol. The van der Waals surface area contributed by atoms with Crippen LogP contribution in [0.1, 0.15) is 75.5 Å². The van der Waals surface area contributed by atoms with E-state index in [1.807, 2.05) is 12.1 Å². The molecule has 4 saturated carbocycles. The van der Waals surface area contributed by atoms with Gasteiger partial charge in [0.1, 0.15) is 0 Å². The van der Waals surface area contributed by atoms with Gasteiger partial charge >= 0.3 is 5.97 Å². The maximum absolute atomic E-state index is 13.2. The van der Waals surface area contributed by atoms with Gasteiger partial charge in [0, 0.05) is 12.5 Å². The Balaban J connectivity index is 1.22. The van der Waals surface area contributed by atoms with Gasteiger partial charge < -0.3 is 15.4 Å². The number of carbonyl (C=O) groups is 3. The molecule has 2 unspecified atom stereocenters. The number of benzene rings is 1. The van der Waals surface area contributed by atoms with Crippen molar-refractivity contribution in [2.24, 2.45) is 17.3 Å². The molecular formula is C25H32N2O4. The van der Waals surface area contributed by atoms with E-state index in [2.05, 4.69) is 22.8 Å². The standard InChI is InChI=1S/C25H32N2O4/c1-16(28)27-25-12-17-9-18(13-25)11-24(10-17,15-25)23(30)31-14-22(29)26-21-8-4-6-19-5-2-3-7-20(19)21/h2-3,5,7,17-18,21H,4,6,8-15H2,1H3,(H,26,29)(H,27,28)/t17-,18+,21-,24?,25?/m1/s1. The Bertz CT molecular complexity index is 897. The Morgan fingerprint density at radius 3 is 2.58 bits per heavy atom. The summed E-state index contributed by atoms with van der Waals surface area (Å²) in [4.78, 5) is 37.6. The van der Waals surface area contributed by atoms with Gasteiger partial charge in [0.05, 0.1) is 11.5 Å². The molecule has 4 fully saturated rings. The summed E-state index contributed by atoms with van der Waals surface area (Å²) in [5.74, 6) is 0.380. The molecule has 31 heavy (non-hydrogen) atoms. The van der Waals surface area contributed by atoms with Crippen LogP contribution in [0.2, 0.25) is 0 Å². The van der Waals surface area contributed by atoms with Crippen LogP contribution in [0.15, 0.2) is 24.3 Å². The average Bonchev–Trinajstić information content (AvgIpc) is 2.70. The summed E-state index contributed by atoms with van der Waals surface area (Å²) < 4.78 is 5.60. The van der Waals surface area contributed by atoms with Crippen LogP contribution < -0.4 is 10.6 Å². The van der Waals surface area contributed by atoms with Gasteiger partial charge in [-0.05, 0) is 80.8 Å². The summed E-state index contributed by atoms with van der Waals surface area (Å²) >= 11 is 0. The number of rotatable bonds is 5. The molecule has 2 N–H and O–H groups in total. The Morgan fingerprint density at radius 2 is 1.84 bits per heavy atom. The Hall–Kier alpha value is -2.37. The van der Waals surface area contributed by atoms with Crippen LogP contribution >= 0.6 is 0 Å². The minimum Gasteiger partial charge on any atom is -0.455 e. The van der Waals surface area contributed by atoms with Crippen LogP contribution in [0.4, 0.5) is 0 Å². The first-order valence-corrected chi connectivity index (χ1v) is 11.7. The fraction of sp³-hybridized carbons (Fsp3) is 0.640. The van der Waals surface area contributed by atoms with E-state index in [0.717, 1.165) is 51.4 Å². The topological polar surface area (TPSA) is 84.5 Å². The first kappa shape index (κ1) is 20.5. The molecule has 5 aliphatic rings. The second kappa shape index (κ2) is 7.64. The number of hydrogen-bond donors (Lipinski definition) is 2. The number of fused-ring (bicyclic) bond motifs is 1. The highest BCUT2D eigenvalue weighted by molar-refractivity contribution is 5.84. The van der Waals surface area contributed by atoms with Gasteiger partial charge in [-0.25, -0.2) is 0 Å². The van der Waals surface area contributed by atoms with E-state index in [4.69, 9.17) is 4.74 Å². The zero-order valence-electron chi connectivity index (χ0n) is 18.2. The third-order valence-corrected chi connectivity index (χ3v) is 7.97. The molecule has 1 aromatic carbocycles. The number of hydrogen-bond acceptors (Lipinski definition) is 4. The maximum atomic E-state index is 13.2. The third-order valence-electron chi connectivity index (χ3n) is 7.97. The number of esters is 1.